The van der Waals surface area contributed by atoms with Crippen LogP contribution in [-0.2, 0) is 0 Å². The molecule has 0 saturated heterocycles. The Labute approximate surface area is 71.8 Å². The molecule has 58 valence electrons. The van der Waals surface area contributed by atoms with Gasteiger partial charge in [0.05, 0.1) is 0 Å². The summed E-state index contributed by atoms with van der Waals surface area (Å²) in [6.07, 6.45) is 0.854. The molecular weight excluding hydrogens is 156 g/mol. The molecule has 0 bridgehead atoms. The minimum atomic E-state index is 0.720. The van der Waals surface area contributed by atoms with Gasteiger partial charge in [0.15, 0.2) is 0 Å². The molecule has 0 fully saturated rings. The summed E-state index contributed by atoms with van der Waals surface area (Å²) in [5, 5.41) is 0. The molecule has 0 radical (unpaired) electrons. The maximum absolute atomic E-state index is 10.4. The second-order valence-electron chi connectivity index (χ2n) is 2.62. The van der Waals surface area contributed by atoms with Gasteiger partial charge in [0.1, 0.15) is 6.29 Å². The van der Waals surface area contributed by atoms with Crippen molar-refractivity contribution in [1.29, 1.82) is 0 Å². The summed E-state index contributed by atoms with van der Waals surface area (Å²) in [6, 6.07) is 3.67. The highest BCUT2D eigenvalue weighted by Gasteiger charge is 1.99. The first-order valence-corrected chi connectivity index (χ1v) is 3.85. The van der Waals surface area contributed by atoms with Gasteiger partial charge in [0, 0.05) is 10.5 Å². The number of carbonyl (C=O) groups is 1. The van der Waals surface area contributed by atoms with E-state index < -0.39 is 0 Å². The van der Waals surface area contributed by atoms with E-state index in [1.807, 2.05) is 26.0 Å². The number of benzene rings is 1. The molecule has 0 aliphatic heterocycles. The normalized spacial score (nSPS) is 9.73. The number of rotatable bonds is 1. The molecule has 1 aromatic carbocycles. The summed E-state index contributed by atoms with van der Waals surface area (Å²) in [6.45, 7) is 3.89. The van der Waals surface area contributed by atoms with Gasteiger partial charge in [-0.25, -0.2) is 0 Å². The number of hydrogen-bond donors (Lipinski definition) is 1. The van der Waals surface area contributed by atoms with Crippen LogP contribution >= 0.6 is 12.6 Å². The van der Waals surface area contributed by atoms with E-state index in [1.165, 1.54) is 0 Å². The van der Waals surface area contributed by atoms with E-state index in [4.69, 9.17) is 0 Å². The first-order valence-electron chi connectivity index (χ1n) is 3.40. The summed E-state index contributed by atoms with van der Waals surface area (Å²) >= 11 is 4.28. The van der Waals surface area contributed by atoms with Gasteiger partial charge in [0.2, 0.25) is 0 Å². The molecule has 0 aliphatic carbocycles. The Morgan fingerprint density at radius 3 is 2.09 bits per heavy atom. The maximum Gasteiger partial charge on any atom is 0.150 e. The monoisotopic (exact) mass is 166 g/mol. The second kappa shape index (κ2) is 3.09. The van der Waals surface area contributed by atoms with Crippen molar-refractivity contribution >= 4 is 18.9 Å². The van der Waals surface area contributed by atoms with Crippen LogP contribution in [0.2, 0.25) is 0 Å². The van der Waals surface area contributed by atoms with Gasteiger partial charge >= 0.3 is 0 Å². The van der Waals surface area contributed by atoms with Gasteiger partial charge in [-0.05, 0) is 37.1 Å². The lowest BCUT2D eigenvalue weighted by Crippen LogP contribution is -1.87. The minimum absolute atomic E-state index is 0.720. The Hall–Kier alpha value is -0.760. The number of thiol groups is 1. The second-order valence-corrected chi connectivity index (χ2v) is 3.07. The van der Waals surface area contributed by atoms with E-state index in [-0.39, 0.29) is 0 Å². The first-order chi connectivity index (χ1) is 5.15. The van der Waals surface area contributed by atoms with E-state index in [0.717, 1.165) is 27.9 Å². The average molecular weight is 166 g/mol. The van der Waals surface area contributed by atoms with Gasteiger partial charge in [-0.2, -0.15) is 0 Å². The van der Waals surface area contributed by atoms with Crippen molar-refractivity contribution < 1.29 is 4.79 Å². The molecule has 0 unspecified atom stereocenters. The molecule has 0 saturated carbocycles. The first kappa shape index (κ1) is 8.34. The van der Waals surface area contributed by atoms with Crippen LogP contribution in [0.25, 0.3) is 0 Å². The standard InChI is InChI=1S/C9H10OS/c1-6-3-8(5-10)4-7(2)9(6)11/h3-5,11H,1-2H3. The fourth-order valence-corrected chi connectivity index (χ4v) is 1.19. The minimum Gasteiger partial charge on any atom is -0.298 e. The largest absolute Gasteiger partial charge is 0.298 e. The van der Waals surface area contributed by atoms with Gasteiger partial charge in [-0.15, -0.1) is 12.6 Å². The highest BCUT2D eigenvalue weighted by Crippen LogP contribution is 2.18. The molecule has 2 heteroatoms. The van der Waals surface area contributed by atoms with Gasteiger partial charge in [-0.3, -0.25) is 4.79 Å². The van der Waals surface area contributed by atoms with Gasteiger partial charge < -0.3 is 0 Å². The number of aldehydes is 1. The van der Waals surface area contributed by atoms with Crippen LogP contribution in [0.15, 0.2) is 17.0 Å². The Kier molecular flexibility index (Phi) is 2.35. The molecule has 1 aromatic rings. The zero-order valence-electron chi connectivity index (χ0n) is 6.59. The zero-order valence-corrected chi connectivity index (χ0v) is 7.48. The zero-order chi connectivity index (χ0) is 8.43. The van der Waals surface area contributed by atoms with Gasteiger partial charge in [-0.1, -0.05) is 0 Å². The number of hydrogen-bond acceptors (Lipinski definition) is 2. The van der Waals surface area contributed by atoms with E-state index in [1.54, 1.807) is 0 Å². The fourth-order valence-electron chi connectivity index (χ4n) is 1.06. The Balaban J connectivity index is 3.31. The maximum atomic E-state index is 10.4. The fraction of sp³-hybridized carbons (Fsp3) is 0.222. The lowest BCUT2D eigenvalue weighted by atomic mass is 10.1. The van der Waals surface area contributed by atoms with Crippen LogP contribution in [0.4, 0.5) is 0 Å². The van der Waals surface area contributed by atoms with E-state index in [2.05, 4.69) is 12.6 Å². The van der Waals surface area contributed by atoms with Crippen LogP contribution in [0.5, 0.6) is 0 Å². The summed E-state index contributed by atoms with van der Waals surface area (Å²) in [5.74, 6) is 0. The van der Waals surface area contributed by atoms with E-state index in [9.17, 15) is 4.79 Å². The molecular formula is C9H10OS. The van der Waals surface area contributed by atoms with Crippen LogP contribution in [0.3, 0.4) is 0 Å². The average Bonchev–Trinajstić information content (AvgIpc) is 1.99. The van der Waals surface area contributed by atoms with Crippen molar-refractivity contribution in [1.82, 2.24) is 0 Å². The Morgan fingerprint density at radius 2 is 1.73 bits per heavy atom. The van der Waals surface area contributed by atoms with Gasteiger partial charge in [0.25, 0.3) is 0 Å². The van der Waals surface area contributed by atoms with E-state index in [0.29, 0.717) is 0 Å². The quantitative estimate of drug-likeness (QED) is 0.501. The molecule has 0 atom stereocenters. The summed E-state index contributed by atoms with van der Waals surface area (Å²) in [5.41, 5.74) is 2.82. The molecule has 11 heavy (non-hydrogen) atoms. The number of aryl methyl sites for hydroxylation is 2. The van der Waals surface area contributed by atoms with Crippen molar-refractivity contribution in [3.05, 3.63) is 28.8 Å². The Morgan fingerprint density at radius 1 is 1.27 bits per heavy atom. The van der Waals surface area contributed by atoms with Crippen LogP contribution in [0, 0.1) is 13.8 Å². The van der Waals surface area contributed by atoms with Crippen molar-refractivity contribution in [3.63, 3.8) is 0 Å². The van der Waals surface area contributed by atoms with Crippen LogP contribution in [-0.4, -0.2) is 6.29 Å². The topological polar surface area (TPSA) is 17.1 Å². The predicted molar refractivity (Wildman–Crippen MR) is 48.6 cm³/mol. The molecule has 0 amide bonds. The summed E-state index contributed by atoms with van der Waals surface area (Å²) in [4.78, 5) is 11.4. The van der Waals surface area contributed by atoms with Crippen molar-refractivity contribution in [2.24, 2.45) is 0 Å². The smallest absolute Gasteiger partial charge is 0.150 e. The van der Waals surface area contributed by atoms with Crippen molar-refractivity contribution in [2.75, 3.05) is 0 Å². The lowest BCUT2D eigenvalue weighted by Gasteiger charge is -2.03. The third-order valence-electron chi connectivity index (χ3n) is 1.65. The highest BCUT2D eigenvalue weighted by atomic mass is 32.1. The molecule has 0 N–H and O–H groups in total. The molecule has 0 spiro atoms. The third kappa shape index (κ3) is 1.63. The highest BCUT2D eigenvalue weighted by molar-refractivity contribution is 7.80. The molecule has 1 nitrogen and oxygen atoms in total. The SMILES string of the molecule is Cc1cc(C=O)cc(C)c1S. The summed E-state index contributed by atoms with van der Waals surface area (Å²) < 4.78 is 0. The Bertz CT molecular complexity index is 269. The van der Waals surface area contributed by atoms with Crippen molar-refractivity contribution in [2.45, 2.75) is 18.7 Å². The predicted octanol–water partition coefficient (Wildman–Crippen LogP) is 2.40. The summed E-state index contributed by atoms with van der Waals surface area (Å²) in [7, 11) is 0. The lowest BCUT2D eigenvalue weighted by molar-refractivity contribution is 0.112. The molecule has 1 rings (SSSR count). The van der Waals surface area contributed by atoms with Crippen LogP contribution in [0.1, 0.15) is 21.5 Å². The van der Waals surface area contributed by atoms with Crippen molar-refractivity contribution in [3.8, 4) is 0 Å². The molecule has 0 aromatic heterocycles. The third-order valence-corrected chi connectivity index (χ3v) is 2.35. The van der Waals surface area contributed by atoms with E-state index >= 15 is 0 Å². The number of carbonyl (C=O) groups excluding carboxylic acids is 1. The molecule has 0 aliphatic rings. The molecule has 0 heterocycles. The van der Waals surface area contributed by atoms with Crippen LogP contribution < -0.4 is 0 Å².